The second-order valence-electron chi connectivity index (χ2n) is 2.58. The van der Waals surface area contributed by atoms with Crippen molar-refractivity contribution < 1.29 is 4.92 Å². The molecule has 0 saturated carbocycles. The van der Waals surface area contributed by atoms with E-state index < -0.39 is 4.92 Å². The first-order chi connectivity index (χ1) is 6.63. The summed E-state index contributed by atoms with van der Waals surface area (Å²) in [7, 11) is 0. The molecule has 0 N–H and O–H groups in total. The van der Waals surface area contributed by atoms with E-state index in [-0.39, 0.29) is 11.6 Å². The molecule has 1 aromatic carbocycles. The maximum atomic E-state index is 10.4. The molecule has 1 aromatic rings. The van der Waals surface area contributed by atoms with E-state index in [0.29, 0.717) is 10.6 Å². The Bertz CT molecular complexity index is 377. The molecule has 0 aliphatic heterocycles. The van der Waals surface area contributed by atoms with Crippen molar-refractivity contribution in [2.24, 2.45) is 0 Å². The van der Waals surface area contributed by atoms with E-state index in [9.17, 15) is 10.1 Å². The predicted octanol–water partition coefficient (Wildman–Crippen LogP) is 3.20. The smallest absolute Gasteiger partial charge is 0.259 e. The SMILES string of the molecule is O=[N+]([O-])/C(=C/c1cccc(Cl)c1)CCl. The fourth-order valence-corrected chi connectivity index (χ4v) is 1.30. The van der Waals surface area contributed by atoms with E-state index in [1.54, 1.807) is 24.3 Å². The van der Waals surface area contributed by atoms with Crippen molar-refractivity contribution in [2.75, 3.05) is 5.88 Å². The van der Waals surface area contributed by atoms with Crippen molar-refractivity contribution in [3.8, 4) is 0 Å². The van der Waals surface area contributed by atoms with Crippen molar-refractivity contribution in [3.63, 3.8) is 0 Å². The highest BCUT2D eigenvalue weighted by molar-refractivity contribution is 6.30. The van der Waals surface area contributed by atoms with Gasteiger partial charge in [0.1, 0.15) is 5.88 Å². The number of rotatable bonds is 3. The summed E-state index contributed by atoms with van der Waals surface area (Å²) in [5, 5.41) is 11.0. The molecule has 1 rings (SSSR count). The van der Waals surface area contributed by atoms with Gasteiger partial charge in [0.2, 0.25) is 0 Å². The Morgan fingerprint density at radius 1 is 1.57 bits per heavy atom. The minimum Gasteiger partial charge on any atom is -0.259 e. The molecule has 14 heavy (non-hydrogen) atoms. The second kappa shape index (κ2) is 4.98. The average molecular weight is 232 g/mol. The van der Waals surface area contributed by atoms with Crippen LogP contribution in [-0.4, -0.2) is 10.8 Å². The minimum absolute atomic E-state index is 0.0473. The van der Waals surface area contributed by atoms with Gasteiger partial charge in [-0.1, -0.05) is 23.7 Å². The monoisotopic (exact) mass is 231 g/mol. The summed E-state index contributed by atoms with van der Waals surface area (Å²) in [5.41, 5.74) is 0.624. The number of hydrogen-bond donors (Lipinski definition) is 0. The molecule has 0 spiro atoms. The Hall–Kier alpha value is -1.06. The predicted molar refractivity (Wildman–Crippen MR) is 57.1 cm³/mol. The van der Waals surface area contributed by atoms with Crippen molar-refractivity contribution in [1.29, 1.82) is 0 Å². The lowest BCUT2D eigenvalue weighted by Crippen LogP contribution is -1.99. The number of hydrogen-bond acceptors (Lipinski definition) is 2. The van der Waals surface area contributed by atoms with Crippen LogP contribution in [0.4, 0.5) is 0 Å². The summed E-state index contributed by atoms with van der Waals surface area (Å²) >= 11 is 11.1. The maximum Gasteiger partial charge on any atom is 0.261 e. The highest BCUT2D eigenvalue weighted by atomic mass is 35.5. The van der Waals surface area contributed by atoms with Gasteiger partial charge in [0.15, 0.2) is 0 Å². The summed E-state index contributed by atoms with van der Waals surface area (Å²) in [6.07, 6.45) is 1.40. The fraction of sp³-hybridized carbons (Fsp3) is 0.111. The zero-order valence-corrected chi connectivity index (χ0v) is 8.63. The van der Waals surface area contributed by atoms with E-state index in [1.807, 2.05) is 0 Å². The van der Waals surface area contributed by atoms with E-state index >= 15 is 0 Å². The van der Waals surface area contributed by atoms with Gasteiger partial charge in [-0.15, -0.1) is 11.6 Å². The molecule has 74 valence electrons. The lowest BCUT2D eigenvalue weighted by Gasteiger charge is -1.95. The van der Waals surface area contributed by atoms with Crippen LogP contribution in [0.5, 0.6) is 0 Å². The van der Waals surface area contributed by atoms with Gasteiger partial charge in [0.05, 0.1) is 4.92 Å². The molecule has 0 fully saturated rings. The molecule has 0 heterocycles. The van der Waals surface area contributed by atoms with Gasteiger partial charge in [-0.3, -0.25) is 10.1 Å². The van der Waals surface area contributed by atoms with Gasteiger partial charge >= 0.3 is 0 Å². The normalized spacial score (nSPS) is 11.4. The summed E-state index contributed by atoms with van der Waals surface area (Å²) < 4.78 is 0. The third-order valence-corrected chi connectivity index (χ3v) is 2.06. The molecule has 5 heteroatoms. The van der Waals surface area contributed by atoms with Crippen LogP contribution < -0.4 is 0 Å². The molecule has 0 unspecified atom stereocenters. The van der Waals surface area contributed by atoms with Crippen LogP contribution >= 0.6 is 23.2 Å². The van der Waals surface area contributed by atoms with Crippen LogP contribution in [0.25, 0.3) is 6.08 Å². The Balaban J connectivity index is 3.00. The van der Waals surface area contributed by atoms with Gasteiger partial charge in [-0.05, 0) is 17.7 Å². The van der Waals surface area contributed by atoms with Crippen molar-refractivity contribution in [2.45, 2.75) is 0 Å². The zero-order valence-electron chi connectivity index (χ0n) is 7.11. The van der Waals surface area contributed by atoms with Crippen LogP contribution in [-0.2, 0) is 0 Å². The Kier molecular flexibility index (Phi) is 3.92. The van der Waals surface area contributed by atoms with Crippen molar-refractivity contribution >= 4 is 29.3 Å². The molecule has 0 aromatic heterocycles. The van der Waals surface area contributed by atoms with E-state index in [1.165, 1.54) is 6.08 Å². The first kappa shape index (κ1) is 11.0. The quantitative estimate of drug-likeness (QED) is 0.456. The molecule has 0 radical (unpaired) electrons. The Morgan fingerprint density at radius 2 is 2.29 bits per heavy atom. The van der Waals surface area contributed by atoms with Crippen LogP contribution in [0.1, 0.15) is 5.56 Å². The molecule has 0 atom stereocenters. The van der Waals surface area contributed by atoms with Gasteiger partial charge in [-0.2, -0.15) is 0 Å². The number of benzene rings is 1. The Morgan fingerprint density at radius 3 is 2.79 bits per heavy atom. The fourth-order valence-electron chi connectivity index (χ4n) is 0.929. The van der Waals surface area contributed by atoms with Gasteiger partial charge in [-0.25, -0.2) is 0 Å². The molecule has 0 amide bonds. The summed E-state index contributed by atoms with van der Waals surface area (Å²) in [6, 6.07) is 6.78. The Labute approximate surface area is 91.1 Å². The van der Waals surface area contributed by atoms with Crippen molar-refractivity contribution in [1.82, 2.24) is 0 Å². The molecular formula is C9H7Cl2NO2. The first-order valence-corrected chi connectivity index (χ1v) is 4.71. The van der Waals surface area contributed by atoms with Crippen LogP contribution in [0.3, 0.4) is 0 Å². The minimum atomic E-state index is -0.506. The molecule has 0 saturated heterocycles. The van der Waals surface area contributed by atoms with Gasteiger partial charge in [0.25, 0.3) is 5.70 Å². The van der Waals surface area contributed by atoms with E-state index in [4.69, 9.17) is 23.2 Å². The standard InChI is InChI=1S/C9H7Cl2NO2/c10-6-9(12(13)14)5-7-2-1-3-8(11)4-7/h1-5H,6H2/b9-5+. The van der Waals surface area contributed by atoms with Crippen molar-refractivity contribution in [3.05, 3.63) is 50.7 Å². The number of nitrogens with zero attached hydrogens (tertiary/aromatic N) is 1. The number of alkyl halides is 1. The molecule has 0 aliphatic rings. The maximum absolute atomic E-state index is 10.4. The summed E-state index contributed by atoms with van der Waals surface area (Å²) in [5.74, 6) is -0.125. The van der Waals surface area contributed by atoms with E-state index in [0.717, 1.165) is 0 Å². The van der Waals surface area contributed by atoms with Crippen LogP contribution in [0, 0.1) is 10.1 Å². The third-order valence-electron chi connectivity index (χ3n) is 1.55. The van der Waals surface area contributed by atoms with Crippen LogP contribution in [0.2, 0.25) is 5.02 Å². The highest BCUT2D eigenvalue weighted by Crippen LogP contribution is 2.14. The van der Waals surface area contributed by atoms with E-state index in [2.05, 4.69) is 0 Å². The lowest BCUT2D eigenvalue weighted by molar-refractivity contribution is -0.422. The molecular weight excluding hydrogens is 225 g/mol. The summed E-state index contributed by atoms with van der Waals surface area (Å²) in [4.78, 5) is 9.93. The molecule has 0 bridgehead atoms. The molecule has 3 nitrogen and oxygen atoms in total. The third kappa shape index (κ3) is 3.01. The van der Waals surface area contributed by atoms with Gasteiger partial charge < -0.3 is 0 Å². The summed E-state index contributed by atoms with van der Waals surface area (Å²) in [6.45, 7) is 0. The topological polar surface area (TPSA) is 43.1 Å². The average Bonchev–Trinajstić information content (AvgIpc) is 2.14. The van der Waals surface area contributed by atoms with Crippen LogP contribution in [0.15, 0.2) is 30.0 Å². The molecule has 0 aliphatic carbocycles. The number of nitro groups is 1. The zero-order chi connectivity index (χ0) is 10.6. The second-order valence-corrected chi connectivity index (χ2v) is 3.29. The largest absolute Gasteiger partial charge is 0.261 e. The lowest BCUT2D eigenvalue weighted by atomic mass is 10.2. The number of halogens is 2. The van der Waals surface area contributed by atoms with Gasteiger partial charge in [0, 0.05) is 11.1 Å². The highest BCUT2D eigenvalue weighted by Gasteiger charge is 2.08. The first-order valence-electron chi connectivity index (χ1n) is 3.80. The number of allylic oxidation sites excluding steroid dienone is 1.